The molecule has 1 N–H and O–H groups in total. The molecule has 0 radical (unpaired) electrons. The number of rotatable bonds is 5. The van der Waals surface area contributed by atoms with Gasteiger partial charge in [-0.25, -0.2) is 0 Å². The minimum absolute atomic E-state index is 0.402. The van der Waals surface area contributed by atoms with E-state index in [1.165, 1.54) is 44.1 Å². The van der Waals surface area contributed by atoms with E-state index >= 15 is 0 Å². The molecule has 2 aliphatic rings. The van der Waals surface area contributed by atoms with Crippen molar-refractivity contribution in [1.82, 2.24) is 5.32 Å². The summed E-state index contributed by atoms with van der Waals surface area (Å²) in [6, 6.07) is 7.13. The Kier molecular flexibility index (Phi) is 4.67. The van der Waals surface area contributed by atoms with Gasteiger partial charge in [-0.1, -0.05) is 29.3 Å². The van der Waals surface area contributed by atoms with Crippen LogP contribution in [0.5, 0.6) is 5.75 Å². The first-order chi connectivity index (χ1) is 9.70. The zero-order valence-electron chi connectivity index (χ0n) is 12.2. The summed E-state index contributed by atoms with van der Waals surface area (Å²) in [6.07, 6.45) is 8.12. The van der Waals surface area contributed by atoms with Crippen molar-refractivity contribution in [3.05, 3.63) is 28.2 Å². The normalized spacial score (nSPS) is 26.5. The van der Waals surface area contributed by atoms with E-state index in [0.29, 0.717) is 6.10 Å². The average molecular weight is 338 g/mol. The summed E-state index contributed by atoms with van der Waals surface area (Å²) in [7, 11) is 0. The largest absolute Gasteiger partial charge is 0.490 e. The molecule has 2 nitrogen and oxygen atoms in total. The van der Waals surface area contributed by atoms with Crippen molar-refractivity contribution in [3.63, 3.8) is 0 Å². The highest BCUT2D eigenvalue weighted by Crippen LogP contribution is 2.31. The number of hydrogen-bond acceptors (Lipinski definition) is 2. The maximum absolute atomic E-state index is 6.30. The highest BCUT2D eigenvalue weighted by Gasteiger charge is 2.23. The summed E-state index contributed by atoms with van der Waals surface area (Å²) in [5.41, 5.74) is 1.28. The van der Waals surface area contributed by atoms with Gasteiger partial charge in [-0.05, 0) is 56.2 Å². The van der Waals surface area contributed by atoms with Crippen LogP contribution in [0.2, 0.25) is 0 Å². The molecular formula is C17H24BrNO. The zero-order chi connectivity index (χ0) is 13.9. The molecule has 0 spiro atoms. The fourth-order valence-electron chi connectivity index (χ4n) is 3.01. The van der Waals surface area contributed by atoms with Gasteiger partial charge in [-0.3, -0.25) is 0 Å². The van der Waals surface area contributed by atoms with Crippen LogP contribution in [0.1, 0.15) is 51.0 Å². The van der Waals surface area contributed by atoms with Gasteiger partial charge in [0.25, 0.3) is 0 Å². The van der Waals surface area contributed by atoms with E-state index in [1.807, 2.05) is 0 Å². The lowest BCUT2D eigenvalue weighted by atomic mass is 9.88. The first-order valence-corrected chi connectivity index (χ1v) is 8.68. The SMILES string of the molecule is CC1CCCC(Oc2ccc(Br)cc2CNC2CC2)C1. The van der Waals surface area contributed by atoms with Crippen molar-refractivity contribution in [3.8, 4) is 5.75 Å². The number of hydrogen-bond donors (Lipinski definition) is 1. The summed E-state index contributed by atoms with van der Waals surface area (Å²) in [6.45, 7) is 3.26. The van der Waals surface area contributed by atoms with E-state index in [0.717, 1.165) is 28.7 Å². The molecule has 2 saturated carbocycles. The van der Waals surface area contributed by atoms with Crippen molar-refractivity contribution in [2.45, 2.75) is 64.1 Å². The van der Waals surface area contributed by atoms with E-state index < -0.39 is 0 Å². The molecule has 0 bridgehead atoms. The molecule has 110 valence electrons. The molecule has 0 aromatic heterocycles. The monoisotopic (exact) mass is 337 g/mol. The van der Waals surface area contributed by atoms with Gasteiger partial charge < -0.3 is 10.1 Å². The smallest absolute Gasteiger partial charge is 0.124 e. The third-order valence-electron chi connectivity index (χ3n) is 4.36. The summed E-state index contributed by atoms with van der Waals surface area (Å²) in [5.74, 6) is 1.87. The fourth-order valence-corrected chi connectivity index (χ4v) is 3.42. The van der Waals surface area contributed by atoms with E-state index in [-0.39, 0.29) is 0 Å². The van der Waals surface area contributed by atoms with Gasteiger partial charge in [-0.15, -0.1) is 0 Å². The number of benzene rings is 1. The molecule has 20 heavy (non-hydrogen) atoms. The second-order valence-electron chi connectivity index (χ2n) is 6.42. The second kappa shape index (κ2) is 6.48. The average Bonchev–Trinajstić information content (AvgIpc) is 3.23. The Morgan fingerprint density at radius 3 is 2.85 bits per heavy atom. The quantitative estimate of drug-likeness (QED) is 0.843. The van der Waals surface area contributed by atoms with Crippen LogP contribution < -0.4 is 10.1 Å². The molecule has 0 amide bonds. The van der Waals surface area contributed by atoms with E-state index in [4.69, 9.17) is 4.74 Å². The third-order valence-corrected chi connectivity index (χ3v) is 4.86. The van der Waals surface area contributed by atoms with Gasteiger partial charge >= 0.3 is 0 Å². The lowest BCUT2D eigenvalue weighted by Gasteiger charge is -2.28. The number of halogens is 1. The molecular weight excluding hydrogens is 314 g/mol. The van der Waals surface area contributed by atoms with Crippen LogP contribution in [0.4, 0.5) is 0 Å². The predicted molar refractivity (Wildman–Crippen MR) is 86.1 cm³/mol. The zero-order valence-corrected chi connectivity index (χ0v) is 13.8. The molecule has 2 aliphatic carbocycles. The highest BCUT2D eigenvalue weighted by atomic mass is 79.9. The van der Waals surface area contributed by atoms with Crippen LogP contribution in [0, 0.1) is 5.92 Å². The van der Waals surface area contributed by atoms with Crippen molar-refractivity contribution in [1.29, 1.82) is 0 Å². The van der Waals surface area contributed by atoms with Gasteiger partial charge in [0.15, 0.2) is 0 Å². The fraction of sp³-hybridized carbons (Fsp3) is 0.647. The summed E-state index contributed by atoms with van der Waals surface area (Å²) in [5, 5.41) is 3.59. The maximum atomic E-state index is 6.30. The van der Waals surface area contributed by atoms with Crippen LogP contribution >= 0.6 is 15.9 Å². The van der Waals surface area contributed by atoms with Crippen LogP contribution in [0.25, 0.3) is 0 Å². The lowest BCUT2D eigenvalue weighted by Crippen LogP contribution is -2.25. The minimum atomic E-state index is 0.402. The molecule has 1 aromatic rings. The van der Waals surface area contributed by atoms with Crippen molar-refractivity contribution >= 4 is 15.9 Å². The molecule has 2 atom stereocenters. The van der Waals surface area contributed by atoms with Crippen LogP contribution in [0.3, 0.4) is 0 Å². The topological polar surface area (TPSA) is 21.3 Å². The standard InChI is InChI=1S/C17H24BrNO/c1-12-3-2-4-16(9-12)20-17-8-5-14(18)10-13(17)11-19-15-6-7-15/h5,8,10,12,15-16,19H,2-4,6-7,9,11H2,1H3. The molecule has 2 unspecified atom stereocenters. The van der Waals surface area contributed by atoms with Gasteiger partial charge in [0.2, 0.25) is 0 Å². The van der Waals surface area contributed by atoms with Crippen molar-refractivity contribution < 1.29 is 4.74 Å². The number of nitrogens with one attached hydrogen (secondary N) is 1. The second-order valence-corrected chi connectivity index (χ2v) is 7.33. The van der Waals surface area contributed by atoms with Gasteiger partial charge in [0.05, 0.1) is 6.10 Å². The van der Waals surface area contributed by atoms with Crippen LogP contribution in [-0.4, -0.2) is 12.1 Å². The predicted octanol–water partition coefficient (Wildman–Crippen LogP) is 4.66. The maximum Gasteiger partial charge on any atom is 0.124 e. The van der Waals surface area contributed by atoms with E-state index in [2.05, 4.69) is 46.4 Å². The first kappa shape index (κ1) is 14.4. The molecule has 0 heterocycles. The third kappa shape index (κ3) is 3.98. The molecule has 0 saturated heterocycles. The van der Waals surface area contributed by atoms with E-state index in [9.17, 15) is 0 Å². The summed E-state index contributed by atoms with van der Waals surface area (Å²) >= 11 is 3.57. The highest BCUT2D eigenvalue weighted by molar-refractivity contribution is 9.10. The summed E-state index contributed by atoms with van der Waals surface area (Å²) in [4.78, 5) is 0. The van der Waals surface area contributed by atoms with Gasteiger partial charge in [0, 0.05) is 22.6 Å². The summed E-state index contributed by atoms with van der Waals surface area (Å²) < 4.78 is 7.44. The van der Waals surface area contributed by atoms with Crippen molar-refractivity contribution in [2.75, 3.05) is 0 Å². The Morgan fingerprint density at radius 1 is 1.25 bits per heavy atom. The Hall–Kier alpha value is -0.540. The van der Waals surface area contributed by atoms with Crippen LogP contribution in [-0.2, 0) is 6.54 Å². The van der Waals surface area contributed by atoms with Crippen LogP contribution in [0.15, 0.2) is 22.7 Å². The molecule has 3 rings (SSSR count). The molecule has 3 heteroatoms. The minimum Gasteiger partial charge on any atom is -0.490 e. The lowest BCUT2D eigenvalue weighted by molar-refractivity contribution is 0.128. The van der Waals surface area contributed by atoms with Gasteiger partial charge in [0.1, 0.15) is 5.75 Å². The number of ether oxygens (including phenoxy) is 1. The Balaban J connectivity index is 1.66. The molecule has 0 aliphatic heterocycles. The van der Waals surface area contributed by atoms with Gasteiger partial charge in [-0.2, -0.15) is 0 Å². The molecule has 1 aromatic carbocycles. The van der Waals surface area contributed by atoms with Crippen molar-refractivity contribution in [2.24, 2.45) is 5.92 Å². The Morgan fingerprint density at radius 2 is 2.10 bits per heavy atom. The first-order valence-electron chi connectivity index (χ1n) is 7.89. The Bertz CT molecular complexity index is 458. The molecule has 2 fully saturated rings. The Labute approximate surface area is 130 Å². The van der Waals surface area contributed by atoms with E-state index in [1.54, 1.807) is 0 Å².